The van der Waals surface area contributed by atoms with Gasteiger partial charge in [-0.1, -0.05) is 42.4 Å². The highest BCUT2D eigenvalue weighted by atomic mass is 19.1. The third kappa shape index (κ3) is 4.32. The van der Waals surface area contributed by atoms with E-state index in [4.69, 9.17) is 16.1 Å². The fraction of sp³-hybridized carbons (Fsp3) is 0.343. The number of piperazine rings is 1. The topological polar surface area (TPSA) is 86.6 Å². The Kier molecular flexibility index (Phi) is 6.16. The van der Waals surface area contributed by atoms with Gasteiger partial charge in [0.25, 0.3) is 0 Å². The van der Waals surface area contributed by atoms with E-state index in [0.717, 1.165) is 51.9 Å². The third-order valence-corrected chi connectivity index (χ3v) is 9.66. The van der Waals surface area contributed by atoms with Crippen LogP contribution in [-0.4, -0.2) is 75.4 Å². The number of anilines is 1. The molecular weight excluding hydrogens is 555 g/mol. The molecular formula is C35H33FN6O2. The van der Waals surface area contributed by atoms with E-state index in [1.54, 1.807) is 18.3 Å². The van der Waals surface area contributed by atoms with Crippen LogP contribution in [-0.2, 0) is 0 Å². The molecule has 0 radical (unpaired) electrons. The average Bonchev–Trinajstić information content (AvgIpc) is 3.61. The summed E-state index contributed by atoms with van der Waals surface area (Å²) in [7, 11) is 0. The molecule has 4 aromatic rings. The van der Waals surface area contributed by atoms with E-state index in [9.17, 15) is 5.11 Å². The van der Waals surface area contributed by atoms with Crippen molar-refractivity contribution in [1.82, 2.24) is 25.2 Å². The lowest BCUT2D eigenvalue weighted by Crippen LogP contribution is -2.51. The number of hydrogen-bond acceptors (Lipinski definition) is 8. The summed E-state index contributed by atoms with van der Waals surface area (Å²) in [5.74, 6) is 2.69. The third-order valence-electron chi connectivity index (χ3n) is 9.66. The van der Waals surface area contributed by atoms with Gasteiger partial charge in [-0.25, -0.2) is 4.39 Å². The number of pyridine rings is 1. The van der Waals surface area contributed by atoms with E-state index >= 15 is 4.39 Å². The SMILES string of the molecule is C#Cc1cccc2cc(O)cc(-c3ncc4c(N5C[C@H]6CC[C@@H](C5)N6)nc(OCC56CC(=C)CN5CC(=C)C6)nc4c3F)c12. The minimum atomic E-state index is -0.615. The fourth-order valence-corrected chi connectivity index (χ4v) is 7.86. The molecule has 6 heterocycles. The van der Waals surface area contributed by atoms with Crippen LogP contribution >= 0.6 is 0 Å². The van der Waals surface area contributed by atoms with Crippen molar-refractivity contribution >= 4 is 27.5 Å². The number of aromatic nitrogens is 3. The van der Waals surface area contributed by atoms with Gasteiger partial charge in [0.15, 0.2) is 5.82 Å². The second-order valence-electron chi connectivity index (χ2n) is 12.8. The predicted octanol–water partition coefficient (Wildman–Crippen LogP) is 4.95. The highest BCUT2D eigenvalue weighted by Gasteiger charge is 2.48. The molecule has 222 valence electrons. The van der Waals surface area contributed by atoms with Gasteiger partial charge in [0.1, 0.15) is 29.4 Å². The molecule has 2 N–H and O–H groups in total. The van der Waals surface area contributed by atoms with E-state index < -0.39 is 5.82 Å². The van der Waals surface area contributed by atoms with Gasteiger partial charge in [0.2, 0.25) is 0 Å². The average molecular weight is 589 g/mol. The zero-order valence-electron chi connectivity index (χ0n) is 24.4. The summed E-state index contributed by atoms with van der Waals surface area (Å²) in [4.78, 5) is 18.7. The zero-order chi connectivity index (χ0) is 30.2. The van der Waals surface area contributed by atoms with E-state index in [2.05, 4.69) is 44.2 Å². The summed E-state index contributed by atoms with van der Waals surface area (Å²) in [5, 5.41) is 16.1. The van der Waals surface area contributed by atoms with Crippen LogP contribution in [0, 0.1) is 18.2 Å². The Bertz CT molecular complexity index is 1900. The van der Waals surface area contributed by atoms with Gasteiger partial charge in [0, 0.05) is 61.0 Å². The van der Waals surface area contributed by atoms with Crippen LogP contribution in [0.5, 0.6) is 11.8 Å². The highest BCUT2D eigenvalue weighted by Crippen LogP contribution is 2.43. The van der Waals surface area contributed by atoms with Crippen molar-refractivity contribution in [3.8, 4) is 35.4 Å². The minimum absolute atomic E-state index is 0.00762. The number of aromatic hydroxyl groups is 1. The predicted molar refractivity (Wildman–Crippen MR) is 169 cm³/mol. The molecule has 0 amide bonds. The maximum atomic E-state index is 16.8. The number of nitrogens with zero attached hydrogens (tertiary/aromatic N) is 5. The molecule has 2 bridgehead atoms. The van der Waals surface area contributed by atoms with Gasteiger partial charge in [-0.05, 0) is 49.3 Å². The first-order valence-electron chi connectivity index (χ1n) is 15.1. The van der Waals surface area contributed by atoms with Gasteiger partial charge >= 0.3 is 6.01 Å². The normalized spacial score (nSPS) is 22.6. The number of nitrogens with one attached hydrogen (secondary N) is 1. The molecule has 4 aliphatic rings. The van der Waals surface area contributed by atoms with E-state index in [0.29, 0.717) is 51.8 Å². The first-order chi connectivity index (χ1) is 21.3. The quantitative estimate of drug-likeness (QED) is 0.250. The van der Waals surface area contributed by atoms with Gasteiger partial charge in [0.05, 0.1) is 10.9 Å². The van der Waals surface area contributed by atoms with Crippen LogP contribution in [0.25, 0.3) is 32.9 Å². The molecule has 8 nitrogen and oxygen atoms in total. The highest BCUT2D eigenvalue weighted by molar-refractivity contribution is 6.02. The van der Waals surface area contributed by atoms with Crippen LogP contribution in [0.3, 0.4) is 0 Å². The van der Waals surface area contributed by atoms with Crippen molar-refractivity contribution < 1.29 is 14.2 Å². The molecule has 0 aliphatic carbocycles. The number of terminal acetylenes is 1. The monoisotopic (exact) mass is 588 g/mol. The Morgan fingerprint density at radius 1 is 1.11 bits per heavy atom. The van der Waals surface area contributed by atoms with Crippen molar-refractivity contribution in [3.63, 3.8) is 0 Å². The molecule has 2 aromatic heterocycles. The molecule has 9 heteroatoms. The lowest BCUT2D eigenvalue weighted by atomic mass is 9.92. The van der Waals surface area contributed by atoms with Crippen molar-refractivity contribution in [2.75, 3.05) is 37.7 Å². The van der Waals surface area contributed by atoms with Crippen LogP contribution in [0.2, 0.25) is 0 Å². The first kappa shape index (κ1) is 27.1. The number of halogens is 1. The number of rotatable bonds is 5. The van der Waals surface area contributed by atoms with Crippen LogP contribution in [0.1, 0.15) is 31.2 Å². The molecule has 4 fully saturated rings. The largest absolute Gasteiger partial charge is 0.508 e. The van der Waals surface area contributed by atoms with Crippen LogP contribution in [0.4, 0.5) is 10.2 Å². The molecule has 0 spiro atoms. The number of phenolic OH excluding ortho intramolecular Hbond substituents is 1. The lowest BCUT2D eigenvalue weighted by molar-refractivity contribution is 0.108. The van der Waals surface area contributed by atoms with E-state index in [1.807, 2.05) is 12.1 Å². The Labute approximate surface area is 255 Å². The van der Waals surface area contributed by atoms with Gasteiger partial charge in [-0.2, -0.15) is 9.97 Å². The molecule has 2 atom stereocenters. The molecule has 0 saturated carbocycles. The number of ether oxygens (including phenoxy) is 1. The fourth-order valence-electron chi connectivity index (χ4n) is 7.86. The van der Waals surface area contributed by atoms with Crippen molar-refractivity contribution in [3.05, 3.63) is 72.2 Å². The second kappa shape index (κ2) is 10.0. The van der Waals surface area contributed by atoms with Crippen LogP contribution in [0.15, 0.2) is 60.8 Å². The lowest BCUT2D eigenvalue weighted by Gasteiger charge is -2.34. The summed E-state index contributed by atoms with van der Waals surface area (Å²) in [6.45, 7) is 12.0. The number of hydrogen-bond donors (Lipinski definition) is 2. The Balaban J connectivity index is 1.27. The molecule has 4 aliphatic heterocycles. The first-order valence-corrected chi connectivity index (χ1v) is 15.1. The number of benzene rings is 2. The standard InChI is InChI=1S/C35H33FN6O2/c1-4-22-6-5-7-23-10-26(43)11-27(29(22)23)31-30(36)32-28(14-37-31)33(41-17-24-8-9-25(18-41)38-24)40-34(39-32)44-19-35-12-20(2)15-42(35)16-21(3)13-35/h1,5-7,10-11,14,24-25,38,43H,2-3,8-9,12-13,15-19H2/t24-,25+. The zero-order valence-corrected chi connectivity index (χ0v) is 24.4. The summed E-state index contributed by atoms with van der Waals surface area (Å²) in [6, 6.07) is 9.39. The second-order valence-corrected chi connectivity index (χ2v) is 12.8. The molecule has 0 unspecified atom stereocenters. The summed E-state index contributed by atoms with van der Waals surface area (Å²) >= 11 is 0. The van der Waals surface area contributed by atoms with E-state index in [1.165, 1.54) is 17.2 Å². The Morgan fingerprint density at radius 3 is 2.59 bits per heavy atom. The van der Waals surface area contributed by atoms with Crippen molar-refractivity contribution in [2.24, 2.45) is 0 Å². The minimum Gasteiger partial charge on any atom is -0.508 e. The maximum absolute atomic E-state index is 16.8. The number of fused-ring (bicyclic) bond motifs is 5. The molecule has 8 rings (SSSR count). The summed E-state index contributed by atoms with van der Waals surface area (Å²) in [6.07, 6.45) is 11.3. The number of phenols is 1. The molecule has 2 aromatic carbocycles. The summed E-state index contributed by atoms with van der Waals surface area (Å²) in [5.41, 5.74) is 3.27. The van der Waals surface area contributed by atoms with Crippen LogP contribution < -0.4 is 15.0 Å². The van der Waals surface area contributed by atoms with E-state index in [-0.39, 0.29) is 28.5 Å². The smallest absolute Gasteiger partial charge is 0.319 e. The van der Waals surface area contributed by atoms with Gasteiger partial charge < -0.3 is 20.1 Å². The molecule has 44 heavy (non-hydrogen) atoms. The Morgan fingerprint density at radius 2 is 1.86 bits per heavy atom. The van der Waals surface area contributed by atoms with Crippen molar-refractivity contribution in [1.29, 1.82) is 0 Å². The maximum Gasteiger partial charge on any atom is 0.319 e. The van der Waals surface area contributed by atoms with Gasteiger partial charge in [-0.3, -0.25) is 9.88 Å². The summed E-state index contributed by atoms with van der Waals surface area (Å²) < 4.78 is 23.2. The molecule has 4 saturated heterocycles. The Hall–Kier alpha value is -4.52. The van der Waals surface area contributed by atoms with Crippen molar-refractivity contribution in [2.45, 2.75) is 43.3 Å². The van der Waals surface area contributed by atoms with Gasteiger partial charge in [-0.15, -0.1) is 6.42 Å².